The summed E-state index contributed by atoms with van der Waals surface area (Å²) in [6.45, 7) is 13.8. The first-order valence-electron chi connectivity index (χ1n) is 14.2. The minimum Gasteiger partial charge on any atom is -0.351 e. The topological polar surface area (TPSA) is 42.3 Å². The smallest absolute Gasteiger partial charge is 0.162 e. The number of para-hydroxylation sites is 1. The number of aromatic nitrogens is 1. The fraction of sp³-hybridized carbons (Fsp3) is 0.429. The third-order valence-corrected chi connectivity index (χ3v) is 8.94. The maximum Gasteiger partial charge on any atom is 0.162 e. The molecule has 0 saturated heterocycles. The highest BCUT2D eigenvalue weighted by Crippen LogP contribution is 2.54. The fourth-order valence-corrected chi connectivity index (χ4v) is 7.47. The van der Waals surface area contributed by atoms with Gasteiger partial charge in [-0.2, -0.15) is 0 Å². The summed E-state index contributed by atoms with van der Waals surface area (Å²) >= 11 is 0. The number of hydrogen-bond donors (Lipinski definition) is 0. The van der Waals surface area contributed by atoms with E-state index >= 15 is 0 Å². The maximum absolute atomic E-state index is 14.0. The van der Waals surface area contributed by atoms with Gasteiger partial charge >= 0.3 is 0 Å². The van der Waals surface area contributed by atoms with Crippen molar-refractivity contribution in [3.8, 4) is 0 Å². The number of allylic oxidation sites excluding steroid dienone is 4. The van der Waals surface area contributed by atoms with Gasteiger partial charge in [-0.1, -0.05) is 75.2 Å². The highest BCUT2D eigenvalue weighted by molar-refractivity contribution is 6.08. The van der Waals surface area contributed by atoms with E-state index in [0.717, 1.165) is 58.4 Å². The van der Waals surface area contributed by atoms with Gasteiger partial charge in [0, 0.05) is 72.0 Å². The standard InChI is InChI=1S/C35H40N2O2/c1-21-12-22(2)14-23(13-21)19-37-20-25(24-10-8-9-11-26(24)37)31-32-27(15-34(3,4)17-29(32)38)36(7)28-16-35(5,6)18-30(39)33(28)31/h8-14,20,31H,15-19H2,1-7H3. The lowest BCUT2D eigenvalue weighted by Crippen LogP contribution is -2.43. The Morgan fingerprint density at radius 3 is 1.90 bits per heavy atom. The first-order valence-corrected chi connectivity index (χ1v) is 14.2. The van der Waals surface area contributed by atoms with Gasteiger partial charge in [-0.15, -0.1) is 0 Å². The molecule has 3 aliphatic rings. The van der Waals surface area contributed by atoms with Gasteiger partial charge in [-0.05, 0) is 54.7 Å². The second kappa shape index (κ2) is 8.81. The molecule has 0 atom stereocenters. The average molecular weight is 521 g/mol. The van der Waals surface area contributed by atoms with E-state index in [1.54, 1.807) is 0 Å². The van der Waals surface area contributed by atoms with Gasteiger partial charge in [-0.25, -0.2) is 0 Å². The van der Waals surface area contributed by atoms with Crippen molar-refractivity contribution in [2.45, 2.75) is 79.7 Å². The molecule has 4 heteroatoms. The van der Waals surface area contributed by atoms with Crippen LogP contribution in [0.25, 0.3) is 10.9 Å². The molecule has 0 amide bonds. The van der Waals surface area contributed by atoms with Crippen molar-refractivity contribution in [2.75, 3.05) is 7.05 Å². The van der Waals surface area contributed by atoms with E-state index in [1.165, 1.54) is 16.7 Å². The lowest BCUT2D eigenvalue weighted by Gasteiger charge is -2.47. The number of nitrogens with zero attached hydrogens (tertiary/aromatic N) is 2. The number of benzene rings is 2. The van der Waals surface area contributed by atoms with Crippen molar-refractivity contribution in [3.63, 3.8) is 0 Å². The number of aryl methyl sites for hydroxylation is 2. The van der Waals surface area contributed by atoms with Crippen molar-refractivity contribution in [1.29, 1.82) is 0 Å². The van der Waals surface area contributed by atoms with Crippen LogP contribution in [0.15, 0.2) is 71.2 Å². The normalized spacial score (nSPS) is 21.1. The Labute approximate surface area is 232 Å². The molecule has 3 aromatic rings. The van der Waals surface area contributed by atoms with Crippen LogP contribution in [0.4, 0.5) is 0 Å². The molecule has 2 heterocycles. The van der Waals surface area contributed by atoms with Crippen LogP contribution in [0.3, 0.4) is 0 Å². The number of carbonyl (C=O) groups is 2. The fourth-order valence-electron chi connectivity index (χ4n) is 7.47. The summed E-state index contributed by atoms with van der Waals surface area (Å²) in [4.78, 5) is 30.1. The number of rotatable bonds is 3. The lowest BCUT2D eigenvalue weighted by molar-refractivity contribution is -0.119. The van der Waals surface area contributed by atoms with Crippen LogP contribution in [-0.4, -0.2) is 28.1 Å². The van der Waals surface area contributed by atoms with Gasteiger partial charge in [0.15, 0.2) is 11.6 Å². The monoisotopic (exact) mass is 520 g/mol. The number of fused-ring (bicyclic) bond motifs is 1. The Morgan fingerprint density at radius 1 is 0.795 bits per heavy atom. The van der Waals surface area contributed by atoms with E-state index in [-0.39, 0.29) is 28.3 Å². The summed E-state index contributed by atoms with van der Waals surface area (Å²) < 4.78 is 2.31. The molecule has 0 fully saturated rings. The number of hydrogen-bond acceptors (Lipinski definition) is 3. The summed E-state index contributed by atoms with van der Waals surface area (Å²) in [5.74, 6) is 0.0608. The molecule has 2 aromatic carbocycles. The summed E-state index contributed by atoms with van der Waals surface area (Å²) in [5, 5.41) is 1.13. The van der Waals surface area contributed by atoms with Crippen molar-refractivity contribution in [3.05, 3.63) is 93.5 Å². The minimum atomic E-state index is -0.316. The van der Waals surface area contributed by atoms with E-state index < -0.39 is 0 Å². The Hall–Kier alpha value is -3.40. The van der Waals surface area contributed by atoms with Crippen LogP contribution in [0.5, 0.6) is 0 Å². The van der Waals surface area contributed by atoms with Gasteiger partial charge in [-0.3, -0.25) is 9.59 Å². The molecule has 202 valence electrons. The first kappa shape index (κ1) is 25.9. The molecule has 0 N–H and O–H groups in total. The van der Waals surface area contributed by atoms with E-state index in [1.807, 2.05) is 0 Å². The molecule has 0 spiro atoms. The van der Waals surface area contributed by atoms with E-state index in [9.17, 15) is 9.59 Å². The van der Waals surface area contributed by atoms with E-state index in [4.69, 9.17) is 0 Å². The molecular weight excluding hydrogens is 480 g/mol. The zero-order chi connectivity index (χ0) is 27.9. The Bertz CT molecular complexity index is 1540. The molecule has 1 aliphatic heterocycles. The second-order valence-electron chi connectivity index (χ2n) is 13.8. The predicted octanol–water partition coefficient (Wildman–Crippen LogP) is 7.62. The van der Waals surface area contributed by atoms with Crippen molar-refractivity contribution in [2.24, 2.45) is 10.8 Å². The van der Waals surface area contributed by atoms with Crippen LogP contribution in [-0.2, 0) is 16.1 Å². The van der Waals surface area contributed by atoms with Crippen LogP contribution < -0.4 is 0 Å². The molecule has 0 unspecified atom stereocenters. The van der Waals surface area contributed by atoms with E-state index in [2.05, 4.69) is 107 Å². The largest absolute Gasteiger partial charge is 0.351 e. The molecule has 0 bridgehead atoms. The van der Waals surface area contributed by atoms with Crippen LogP contribution in [0, 0.1) is 24.7 Å². The van der Waals surface area contributed by atoms with Crippen LogP contribution in [0.1, 0.15) is 81.5 Å². The predicted molar refractivity (Wildman–Crippen MR) is 158 cm³/mol. The highest BCUT2D eigenvalue weighted by atomic mass is 16.1. The van der Waals surface area contributed by atoms with Crippen molar-refractivity contribution in [1.82, 2.24) is 9.47 Å². The Morgan fingerprint density at radius 2 is 1.33 bits per heavy atom. The van der Waals surface area contributed by atoms with Crippen molar-refractivity contribution < 1.29 is 9.59 Å². The first-order chi connectivity index (χ1) is 18.3. The Kier molecular flexibility index (Phi) is 5.84. The molecule has 2 aliphatic carbocycles. The van der Waals surface area contributed by atoms with Gasteiger partial charge in [0.2, 0.25) is 0 Å². The van der Waals surface area contributed by atoms with Gasteiger partial charge in [0.25, 0.3) is 0 Å². The number of ketones is 2. The SMILES string of the molecule is Cc1cc(C)cc(Cn2cc(C3C4=C(CC(C)(C)CC4=O)N(C)C4=C3C(=O)CC(C)(C)C4)c3ccccc32)c1. The third kappa shape index (κ3) is 4.38. The molecule has 0 saturated carbocycles. The summed E-state index contributed by atoms with van der Waals surface area (Å²) in [6.07, 6.45) is 4.94. The summed E-state index contributed by atoms with van der Waals surface area (Å²) in [6, 6.07) is 15.2. The van der Waals surface area contributed by atoms with Gasteiger partial charge < -0.3 is 9.47 Å². The number of carbonyl (C=O) groups excluding carboxylic acids is 2. The highest BCUT2D eigenvalue weighted by Gasteiger charge is 2.48. The molecule has 0 radical (unpaired) electrons. The molecular formula is C35H40N2O2. The molecule has 6 rings (SSSR count). The molecule has 4 nitrogen and oxygen atoms in total. The molecule has 1 aromatic heterocycles. The van der Waals surface area contributed by atoms with Gasteiger partial charge in [0.05, 0.1) is 0 Å². The zero-order valence-electron chi connectivity index (χ0n) is 24.4. The Balaban J connectivity index is 1.59. The van der Waals surface area contributed by atoms with E-state index in [0.29, 0.717) is 12.8 Å². The minimum absolute atomic E-state index is 0.0992. The maximum atomic E-state index is 14.0. The summed E-state index contributed by atoms with van der Waals surface area (Å²) in [7, 11) is 2.08. The third-order valence-electron chi connectivity index (χ3n) is 8.94. The molecule has 39 heavy (non-hydrogen) atoms. The van der Waals surface area contributed by atoms with Crippen LogP contribution >= 0.6 is 0 Å². The van der Waals surface area contributed by atoms with Crippen molar-refractivity contribution >= 4 is 22.5 Å². The van der Waals surface area contributed by atoms with Crippen LogP contribution in [0.2, 0.25) is 0 Å². The summed E-state index contributed by atoms with van der Waals surface area (Å²) in [5.41, 5.74) is 9.71. The lowest BCUT2D eigenvalue weighted by atomic mass is 9.64. The number of Topliss-reactive ketones (excluding diaryl/α,β-unsaturated/α-hetero) is 2. The van der Waals surface area contributed by atoms with Gasteiger partial charge in [0.1, 0.15) is 0 Å². The quantitative estimate of drug-likeness (QED) is 0.357. The second-order valence-corrected chi connectivity index (χ2v) is 13.8. The zero-order valence-corrected chi connectivity index (χ0v) is 24.4. The average Bonchev–Trinajstić information content (AvgIpc) is 3.16.